The second-order valence-corrected chi connectivity index (χ2v) is 5.55. The fourth-order valence-electron chi connectivity index (χ4n) is 1.40. The molecule has 2 heterocycles. The van der Waals surface area contributed by atoms with Crippen LogP contribution < -0.4 is 11.3 Å². The van der Waals surface area contributed by atoms with E-state index in [9.17, 15) is 0 Å². The monoisotopic (exact) mass is 355 g/mol. The quantitative estimate of drug-likeness (QED) is 0.467. The molecule has 0 aliphatic heterocycles. The number of anilines is 1. The molecule has 0 aliphatic rings. The maximum Gasteiger partial charge on any atom is 0.157 e. The van der Waals surface area contributed by atoms with E-state index in [1.807, 2.05) is 19.1 Å². The lowest BCUT2D eigenvalue weighted by atomic mass is 10.5. The van der Waals surface area contributed by atoms with Crippen molar-refractivity contribution in [3.8, 4) is 0 Å². The van der Waals surface area contributed by atoms with Crippen LogP contribution in [0.3, 0.4) is 0 Å². The Kier molecular flexibility index (Phi) is 5.72. The van der Waals surface area contributed by atoms with Crippen LogP contribution in [0.15, 0.2) is 38.9 Å². The van der Waals surface area contributed by atoms with Crippen LogP contribution in [0.4, 0.5) is 5.82 Å². The number of nitrogens with zero attached hydrogens (tertiary/aromatic N) is 3. The van der Waals surface area contributed by atoms with Gasteiger partial charge in [-0.3, -0.25) is 0 Å². The Morgan fingerprint density at radius 1 is 1.45 bits per heavy atom. The van der Waals surface area contributed by atoms with Gasteiger partial charge in [-0.05, 0) is 46.7 Å². The van der Waals surface area contributed by atoms with Crippen molar-refractivity contribution in [2.24, 2.45) is 5.84 Å². The number of ether oxygens (including phenoxy) is 1. The van der Waals surface area contributed by atoms with Crippen molar-refractivity contribution in [3.63, 3.8) is 0 Å². The van der Waals surface area contributed by atoms with E-state index in [4.69, 9.17) is 10.6 Å². The van der Waals surface area contributed by atoms with Gasteiger partial charge in [0.15, 0.2) is 5.82 Å². The van der Waals surface area contributed by atoms with Crippen molar-refractivity contribution < 1.29 is 4.74 Å². The van der Waals surface area contributed by atoms with E-state index in [1.165, 1.54) is 11.8 Å². The highest BCUT2D eigenvalue weighted by Gasteiger charge is 2.08. The van der Waals surface area contributed by atoms with E-state index in [2.05, 4.69) is 36.3 Å². The molecule has 0 aliphatic carbocycles. The number of aromatic nitrogens is 3. The summed E-state index contributed by atoms with van der Waals surface area (Å²) < 4.78 is 6.23. The van der Waals surface area contributed by atoms with Gasteiger partial charge in [0.1, 0.15) is 22.5 Å². The first kappa shape index (κ1) is 15.2. The van der Waals surface area contributed by atoms with E-state index in [-0.39, 0.29) is 0 Å². The highest BCUT2D eigenvalue weighted by Crippen LogP contribution is 2.31. The van der Waals surface area contributed by atoms with E-state index in [0.29, 0.717) is 24.9 Å². The molecule has 0 fully saturated rings. The van der Waals surface area contributed by atoms with Gasteiger partial charge in [0, 0.05) is 18.9 Å². The molecular formula is C12H14BrN5OS. The van der Waals surface area contributed by atoms with Gasteiger partial charge in [-0.2, -0.15) is 0 Å². The lowest BCUT2D eigenvalue weighted by Crippen LogP contribution is -2.11. The predicted molar refractivity (Wildman–Crippen MR) is 81.2 cm³/mol. The van der Waals surface area contributed by atoms with Crippen molar-refractivity contribution in [1.29, 1.82) is 0 Å². The zero-order valence-electron chi connectivity index (χ0n) is 10.8. The Morgan fingerprint density at radius 2 is 2.30 bits per heavy atom. The lowest BCUT2D eigenvalue weighted by molar-refractivity contribution is 0.128. The fourth-order valence-corrected chi connectivity index (χ4v) is 2.70. The number of hydrogen-bond acceptors (Lipinski definition) is 7. The van der Waals surface area contributed by atoms with Crippen molar-refractivity contribution >= 4 is 33.5 Å². The van der Waals surface area contributed by atoms with Crippen molar-refractivity contribution in [1.82, 2.24) is 15.0 Å². The highest BCUT2D eigenvalue weighted by molar-refractivity contribution is 9.10. The largest absolute Gasteiger partial charge is 0.374 e. The fraction of sp³-hybridized carbons (Fsp3) is 0.250. The Bertz CT molecular complexity index is 584. The van der Waals surface area contributed by atoms with Gasteiger partial charge in [0.2, 0.25) is 0 Å². The van der Waals surface area contributed by atoms with E-state index in [0.717, 1.165) is 14.5 Å². The molecule has 2 aromatic heterocycles. The molecule has 0 amide bonds. The third kappa shape index (κ3) is 4.14. The third-order valence-corrected chi connectivity index (χ3v) is 4.10. The summed E-state index contributed by atoms with van der Waals surface area (Å²) in [5.41, 5.74) is 2.53. The molecule has 20 heavy (non-hydrogen) atoms. The van der Waals surface area contributed by atoms with Gasteiger partial charge in [-0.1, -0.05) is 0 Å². The maximum atomic E-state index is 5.42. The Labute approximate surface area is 129 Å². The molecule has 2 rings (SSSR count). The molecule has 0 atom stereocenters. The number of halogens is 1. The van der Waals surface area contributed by atoms with Crippen molar-refractivity contribution in [2.45, 2.75) is 23.6 Å². The molecule has 0 spiro atoms. The number of nitrogen functional groups attached to an aromatic ring is 1. The van der Waals surface area contributed by atoms with Crippen LogP contribution in [0.1, 0.15) is 12.7 Å². The summed E-state index contributed by atoms with van der Waals surface area (Å²) >= 11 is 4.89. The molecule has 0 aromatic carbocycles. The summed E-state index contributed by atoms with van der Waals surface area (Å²) in [5.74, 6) is 6.55. The van der Waals surface area contributed by atoms with Gasteiger partial charge in [0.05, 0.1) is 4.47 Å². The first-order valence-corrected chi connectivity index (χ1v) is 7.54. The second kappa shape index (κ2) is 7.53. The summed E-state index contributed by atoms with van der Waals surface area (Å²) in [7, 11) is 0. The molecule has 0 radical (unpaired) electrons. The number of nitrogens with two attached hydrogens (primary N) is 1. The summed E-state index contributed by atoms with van der Waals surface area (Å²) in [4.78, 5) is 13.0. The topological polar surface area (TPSA) is 86.0 Å². The highest BCUT2D eigenvalue weighted by atomic mass is 79.9. The van der Waals surface area contributed by atoms with Gasteiger partial charge in [-0.25, -0.2) is 20.8 Å². The SMILES string of the molecule is CCOCc1nc(NN)cc(Sc2ncccc2Br)n1. The Hall–Kier alpha value is -1.22. The van der Waals surface area contributed by atoms with Gasteiger partial charge >= 0.3 is 0 Å². The standard InChI is InChI=1S/C12H14BrN5OS/c1-2-19-7-10-16-9(18-14)6-11(17-10)20-12-8(13)4-3-5-15-12/h3-6H,2,7,14H2,1H3,(H,16,17,18). The minimum absolute atomic E-state index is 0.350. The van der Waals surface area contributed by atoms with Crippen LogP contribution in [-0.2, 0) is 11.3 Å². The van der Waals surface area contributed by atoms with Crippen LogP contribution in [-0.4, -0.2) is 21.6 Å². The first-order valence-electron chi connectivity index (χ1n) is 5.93. The molecule has 0 saturated heterocycles. The number of nitrogens with one attached hydrogen (secondary N) is 1. The molecule has 0 saturated carbocycles. The van der Waals surface area contributed by atoms with Gasteiger partial charge in [0.25, 0.3) is 0 Å². The molecule has 8 heteroatoms. The number of pyridine rings is 1. The molecule has 6 nitrogen and oxygen atoms in total. The molecule has 3 N–H and O–H groups in total. The maximum absolute atomic E-state index is 5.42. The first-order chi connectivity index (χ1) is 9.72. The van der Waals surface area contributed by atoms with E-state index in [1.54, 1.807) is 12.3 Å². The average molecular weight is 356 g/mol. The van der Waals surface area contributed by atoms with Gasteiger partial charge < -0.3 is 10.2 Å². The Morgan fingerprint density at radius 3 is 3.00 bits per heavy atom. The van der Waals surface area contributed by atoms with E-state index >= 15 is 0 Å². The normalized spacial score (nSPS) is 10.6. The predicted octanol–water partition coefficient (Wildman–Crippen LogP) is 2.61. The number of hydrazine groups is 1. The van der Waals surface area contributed by atoms with E-state index < -0.39 is 0 Å². The van der Waals surface area contributed by atoms with Crippen molar-refractivity contribution in [2.75, 3.05) is 12.0 Å². The minimum atomic E-state index is 0.350. The summed E-state index contributed by atoms with van der Waals surface area (Å²) in [6.45, 7) is 2.88. The zero-order chi connectivity index (χ0) is 14.4. The third-order valence-electron chi connectivity index (χ3n) is 2.26. The number of hydrogen-bond donors (Lipinski definition) is 2. The molecule has 0 bridgehead atoms. The van der Waals surface area contributed by atoms with Gasteiger partial charge in [-0.15, -0.1) is 0 Å². The summed E-state index contributed by atoms with van der Waals surface area (Å²) in [6, 6.07) is 5.56. The minimum Gasteiger partial charge on any atom is -0.374 e. The molecule has 0 unspecified atom stereocenters. The van der Waals surface area contributed by atoms with Crippen molar-refractivity contribution in [3.05, 3.63) is 34.7 Å². The summed E-state index contributed by atoms with van der Waals surface area (Å²) in [6.07, 6.45) is 1.73. The van der Waals surface area contributed by atoms with Crippen LogP contribution in [0, 0.1) is 0 Å². The second-order valence-electron chi connectivity index (χ2n) is 3.68. The molecule has 106 valence electrons. The Balaban J connectivity index is 2.24. The van der Waals surface area contributed by atoms with Crippen LogP contribution in [0.5, 0.6) is 0 Å². The zero-order valence-corrected chi connectivity index (χ0v) is 13.2. The average Bonchev–Trinajstić information content (AvgIpc) is 2.47. The molecule has 2 aromatic rings. The van der Waals surface area contributed by atoms with Crippen LogP contribution in [0.25, 0.3) is 0 Å². The molecular weight excluding hydrogens is 342 g/mol. The van der Waals surface area contributed by atoms with Crippen LogP contribution in [0.2, 0.25) is 0 Å². The summed E-state index contributed by atoms with van der Waals surface area (Å²) in [5, 5.41) is 1.58. The van der Waals surface area contributed by atoms with Crippen LogP contribution >= 0.6 is 27.7 Å². The number of rotatable bonds is 6. The lowest BCUT2D eigenvalue weighted by Gasteiger charge is -2.07. The smallest absolute Gasteiger partial charge is 0.157 e.